The molecule has 1 amide bonds. The highest BCUT2D eigenvalue weighted by atomic mass is 19.1. The summed E-state index contributed by atoms with van der Waals surface area (Å²) in [5.74, 6) is -1.67. The average Bonchev–Trinajstić information content (AvgIpc) is 3.11. The van der Waals surface area contributed by atoms with Crippen molar-refractivity contribution >= 4 is 5.91 Å². The van der Waals surface area contributed by atoms with Gasteiger partial charge in [-0.25, -0.2) is 8.78 Å². The number of ether oxygens (including phenoxy) is 1. The summed E-state index contributed by atoms with van der Waals surface area (Å²) in [4.78, 5) is 14.0. The third kappa shape index (κ3) is 4.69. The standard InChI is InChI=1S/C20H18F2N2O3/c1-13-3-5-14(6-4-13)11-24(2)20(25)18-10-16(27-23-18)12-26-19-8-7-15(21)9-17(19)22/h3-10H,11-12H2,1-2H3. The number of carbonyl (C=O) groups excluding carboxylic acids is 1. The van der Waals surface area contributed by atoms with Crippen LogP contribution >= 0.6 is 0 Å². The molecule has 0 bridgehead atoms. The Bertz CT molecular complexity index is 939. The first kappa shape index (κ1) is 18.6. The van der Waals surface area contributed by atoms with Crippen LogP contribution in [0.2, 0.25) is 0 Å². The summed E-state index contributed by atoms with van der Waals surface area (Å²) in [6, 6.07) is 12.3. The number of carbonyl (C=O) groups is 1. The molecule has 0 atom stereocenters. The number of aromatic nitrogens is 1. The number of amides is 1. The van der Waals surface area contributed by atoms with Crippen molar-refractivity contribution in [2.24, 2.45) is 0 Å². The van der Waals surface area contributed by atoms with E-state index >= 15 is 0 Å². The Hall–Kier alpha value is -3.22. The Kier molecular flexibility index (Phi) is 5.49. The van der Waals surface area contributed by atoms with Gasteiger partial charge in [-0.15, -0.1) is 0 Å². The van der Waals surface area contributed by atoms with Crippen molar-refractivity contribution in [3.05, 3.63) is 82.7 Å². The van der Waals surface area contributed by atoms with Gasteiger partial charge in [0.25, 0.3) is 5.91 Å². The number of hydrogen-bond donors (Lipinski definition) is 0. The zero-order chi connectivity index (χ0) is 19.4. The van der Waals surface area contributed by atoms with E-state index in [0.29, 0.717) is 6.54 Å². The van der Waals surface area contributed by atoms with Crippen LogP contribution in [-0.4, -0.2) is 23.0 Å². The van der Waals surface area contributed by atoms with Crippen molar-refractivity contribution < 1.29 is 22.8 Å². The molecule has 140 valence electrons. The zero-order valence-electron chi connectivity index (χ0n) is 14.9. The van der Waals surface area contributed by atoms with Crippen molar-refractivity contribution in [2.75, 3.05) is 7.05 Å². The molecule has 0 saturated heterocycles. The van der Waals surface area contributed by atoms with Gasteiger partial charge in [-0.1, -0.05) is 35.0 Å². The molecular formula is C20H18F2N2O3. The maximum absolute atomic E-state index is 13.6. The highest BCUT2D eigenvalue weighted by molar-refractivity contribution is 5.92. The van der Waals surface area contributed by atoms with Gasteiger partial charge in [0.05, 0.1) is 0 Å². The van der Waals surface area contributed by atoms with E-state index in [-0.39, 0.29) is 29.7 Å². The molecule has 0 radical (unpaired) electrons. The van der Waals surface area contributed by atoms with Gasteiger partial charge in [0, 0.05) is 25.7 Å². The molecule has 5 nitrogen and oxygen atoms in total. The number of halogens is 2. The summed E-state index contributed by atoms with van der Waals surface area (Å²) >= 11 is 0. The SMILES string of the molecule is Cc1ccc(CN(C)C(=O)c2cc(COc3ccc(F)cc3F)on2)cc1. The third-order valence-corrected chi connectivity index (χ3v) is 3.93. The molecule has 0 aliphatic rings. The van der Waals surface area contributed by atoms with Crippen LogP contribution in [0, 0.1) is 18.6 Å². The Labute approximate surface area is 155 Å². The quantitative estimate of drug-likeness (QED) is 0.653. The van der Waals surface area contributed by atoms with E-state index in [1.165, 1.54) is 17.0 Å². The molecule has 1 aromatic heterocycles. The monoisotopic (exact) mass is 372 g/mol. The topological polar surface area (TPSA) is 55.6 Å². The summed E-state index contributed by atoms with van der Waals surface area (Å²) in [5, 5.41) is 3.74. The molecule has 3 aromatic rings. The molecule has 7 heteroatoms. The van der Waals surface area contributed by atoms with Gasteiger partial charge in [0.2, 0.25) is 0 Å². The van der Waals surface area contributed by atoms with Crippen LogP contribution < -0.4 is 4.74 Å². The third-order valence-electron chi connectivity index (χ3n) is 3.93. The van der Waals surface area contributed by atoms with Crippen molar-refractivity contribution in [2.45, 2.75) is 20.1 Å². The zero-order valence-corrected chi connectivity index (χ0v) is 14.9. The Morgan fingerprint density at radius 3 is 2.59 bits per heavy atom. The van der Waals surface area contributed by atoms with Gasteiger partial charge >= 0.3 is 0 Å². The highest BCUT2D eigenvalue weighted by Gasteiger charge is 2.18. The largest absolute Gasteiger partial charge is 0.482 e. The lowest BCUT2D eigenvalue weighted by molar-refractivity contribution is 0.0774. The normalized spacial score (nSPS) is 10.7. The molecule has 0 aliphatic carbocycles. The molecule has 2 aromatic carbocycles. The molecule has 27 heavy (non-hydrogen) atoms. The summed E-state index contributed by atoms with van der Waals surface area (Å²) in [7, 11) is 1.67. The molecule has 0 spiro atoms. The van der Waals surface area contributed by atoms with Gasteiger partial charge in [0.15, 0.2) is 23.0 Å². The maximum Gasteiger partial charge on any atom is 0.276 e. The van der Waals surface area contributed by atoms with Crippen LogP contribution in [-0.2, 0) is 13.2 Å². The van der Waals surface area contributed by atoms with E-state index in [9.17, 15) is 13.6 Å². The van der Waals surface area contributed by atoms with Crippen LogP contribution in [0.3, 0.4) is 0 Å². The van der Waals surface area contributed by atoms with Gasteiger partial charge in [-0.3, -0.25) is 4.79 Å². The Morgan fingerprint density at radius 2 is 1.89 bits per heavy atom. The number of nitrogens with zero attached hydrogens (tertiary/aromatic N) is 2. The molecule has 0 fully saturated rings. The lowest BCUT2D eigenvalue weighted by Gasteiger charge is -2.15. The Morgan fingerprint density at radius 1 is 1.15 bits per heavy atom. The van der Waals surface area contributed by atoms with Gasteiger partial charge in [-0.05, 0) is 24.6 Å². The van der Waals surface area contributed by atoms with Gasteiger partial charge in [-0.2, -0.15) is 0 Å². The smallest absolute Gasteiger partial charge is 0.276 e. The summed E-state index contributed by atoms with van der Waals surface area (Å²) in [6.45, 7) is 2.29. The summed E-state index contributed by atoms with van der Waals surface area (Å²) in [5.41, 5.74) is 2.27. The fraction of sp³-hybridized carbons (Fsp3) is 0.200. The van der Waals surface area contributed by atoms with Crippen molar-refractivity contribution in [3.8, 4) is 5.75 Å². The minimum atomic E-state index is -0.816. The predicted octanol–water partition coefficient (Wildman–Crippen LogP) is 4.11. The molecule has 0 aliphatic heterocycles. The number of hydrogen-bond acceptors (Lipinski definition) is 4. The van der Waals surface area contributed by atoms with Gasteiger partial charge in [0.1, 0.15) is 12.4 Å². The van der Waals surface area contributed by atoms with Crippen molar-refractivity contribution in [1.82, 2.24) is 10.1 Å². The van der Waals surface area contributed by atoms with Crippen molar-refractivity contribution in [1.29, 1.82) is 0 Å². The molecule has 1 heterocycles. The van der Waals surface area contributed by atoms with E-state index < -0.39 is 11.6 Å². The lowest BCUT2D eigenvalue weighted by Crippen LogP contribution is -2.26. The first-order chi connectivity index (χ1) is 12.9. The number of aryl methyl sites for hydroxylation is 1. The van der Waals surface area contributed by atoms with Crippen LogP contribution in [0.5, 0.6) is 5.75 Å². The minimum absolute atomic E-state index is 0.114. The van der Waals surface area contributed by atoms with Crippen molar-refractivity contribution in [3.63, 3.8) is 0 Å². The average molecular weight is 372 g/mol. The molecular weight excluding hydrogens is 354 g/mol. The Balaban J connectivity index is 1.60. The first-order valence-electron chi connectivity index (χ1n) is 8.27. The van der Waals surface area contributed by atoms with E-state index in [2.05, 4.69) is 5.16 Å². The van der Waals surface area contributed by atoms with Crippen LogP contribution in [0.25, 0.3) is 0 Å². The molecule has 0 unspecified atom stereocenters. The predicted molar refractivity (Wildman–Crippen MR) is 94.2 cm³/mol. The number of rotatable bonds is 6. The van der Waals surface area contributed by atoms with Gasteiger partial charge < -0.3 is 14.2 Å². The molecule has 0 N–H and O–H groups in total. The van der Waals surface area contributed by atoms with Crippen LogP contribution in [0.15, 0.2) is 53.1 Å². The fourth-order valence-electron chi connectivity index (χ4n) is 2.46. The van der Waals surface area contributed by atoms with Crippen LogP contribution in [0.4, 0.5) is 8.78 Å². The molecule has 3 rings (SSSR count). The van der Waals surface area contributed by atoms with E-state index in [0.717, 1.165) is 23.3 Å². The maximum atomic E-state index is 13.6. The summed E-state index contributed by atoms with van der Waals surface area (Å²) in [6.07, 6.45) is 0. The highest BCUT2D eigenvalue weighted by Crippen LogP contribution is 2.19. The molecule has 0 saturated carbocycles. The van der Waals surface area contributed by atoms with E-state index in [4.69, 9.17) is 9.26 Å². The van der Waals surface area contributed by atoms with E-state index in [1.807, 2.05) is 31.2 Å². The first-order valence-corrected chi connectivity index (χ1v) is 8.27. The fourth-order valence-corrected chi connectivity index (χ4v) is 2.46. The summed E-state index contributed by atoms with van der Waals surface area (Å²) < 4.78 is 36.7. The lowest BCUT2D eigenvalue weighted by atomic mass is 10.1. The van der Waals surface area contributed by atoms with Crippen LogP contribution in [0.1, 0.15) is 27.4 Å². The second-order valence-corrected chi connectivity index (χ2v) is 6.19. The number of benzene rings is 2. The van der Waals surface area contributed by atoms with E-state index in [1.54, 1.807) is 7.05 Å². The minimum Gasteiger partial charge on any atom is -0.482 e. The second-order valence-electron chi connectivity index (χ2n) is 6.19. The second kappa shape index (κ2) is 7.99.